The highest BCUT2D eigenvalue weighted by molar-refractivity contribution is 14.1. The van der Waals surface area contributed by atoms with Crippen molar-refractivity contribution in [3.05, 3.63) is 85.0 Å². The summed E-state index contributed by atoms with van der Waals surface area (Å²) in [6.45, 7) is 2.04. The second kappa shape index (κ2) is 11.3. The van der Waals surface area contributed by atoms with Crippen LogP contribution >= 0.6 is 56.9 Å². The molecule has 0 saturated carbocycles. The molecule has 1 heterocycles. The predicted octanol–water partition coefficient (Wildman–Crippen LogP) is 4.19. The van der Waals surface area contributed by atoms with Crippen molar-refractivity contribution < 1.29 is 14.5 Å². The highest BCUT2D eigenvalue weighted by Crippen LogP contribution is 2.23. The summed E-state index contributed by atoms with van der Waals surface area (Å²) in [6.07, 6.45) is 1.38. The van der Waals surface area contributed by atoms with Gasteiger partial charge in [0.05, 0.1) is 22.6 Å². The van der Waals surface area contributed by atoms with E-state index < -0.39 is 0 Å². The van der Waals surface area contributed by atoms with Crippen molar-refractivity contribution in [1.82, 2.24) is 15.6 Å². The lowest BCUT2D eigenvalue weighted by molar-refractivity contribution is -0.625. The highest BCUT2D eigenvalue weighted by atomic mass is 127. The number of thioether (sulfide) groups is 1. The number of carbonyl (C=O) groups excluding carboxylic acids is 1. The number of carbonyl (C=O) groups is 1. The van der Waals surface area contributed by atoms with Crippen molar-refractivity contribution in [3.63, 3.8) is 0 Å². The molecule has 0 radical (unpaired) electrons. The molecular formula is C24H19I2N5O2S. The Labute approximate surface area is 228 Å². The molecular weight excluding hydrogens is 676 g/mol. The Kier molecular flexibility index (Phi) is 8.21. The molecule has 0 unspecified atom stereocenters. The van der Waals surface area contributed by atoms with Gasteiger partial charge in [-0.15, -0.1) is 5.10 Å². The van der Waals surface area contributed by atoms with E-state index in [1.165, 1.54) is 23.5 Å². The third-order valence-corrected chi connectivity index (χ3v) is 7.14. The van der Waals surface area contributed by atoms with Crippen LogP contribution in [0.25, 0.3) is 17.1 Å². The second-order valence-corrected chi connectivity index (χ2v) is 10.6. The fourth-order valence-corrected chi connectivity index (χ4v) is 5.78. The van der Waals surface area contributed by atoms with Crippen LogP contribution in [0, 0.1) is 14.1 Å². The number of hydrazone groups is 1. The van der Waals surface area contributed by atoms with Crippen LogP contribution in [0.1, 0.15) is 11.1 Å². The smallest absolute Gasteiger partial charge is 0.342 e. The van der Waals surface area contributed by atoms with E-state index in [1.807, 2.05) is 88.7 Å². The van der Waals surface area contributed by atoms with Gasteiger partial charge >= 0.3 is 5.16 Å². The van der Waals surface area contributed by atoms with Crippen molar-refractivity contribution in [2.75, 3.05) is 5.75 Å². The van der Waals surface area contributed by atoms with Crippen LogP contribution in [0.5, 0.6) is 5.75 Å². The Hall–Kier alpha value is -2.45. The number of aromatic amines is 1. The minimum Gasteiger partial charge on any atom is -0.871 e. The zero-order valence-electron chi connectivity index (χ0n) is 18.0. The average Bonchev–Trinajstić information content (AvgIpc) is 3.25. The molecule has 34 heavy (non-hydrogen) atoms. The van der Waals surface area contributed by atoms with Gasteiger partial charge in [0, 0.05) is 7.14 Å². The molecule has 1 amide bonds. The van der Waals surface area contributed by atoms with E-state index in [0.717, 1.165) is 20.6 Å². The fourth-order valence-electron chi connectivity index (χ4n) is 3.13. The van der Waals surface area contributed by atoms with Gasteiger partial charge in [-0.2, -0.15) is 9.67 Å². The molecule has 3 aromatic carbocycles. The summed E-state index contributed by atoms with van der Waals surface area (Å²) in [5, 5.41) is 24.4. The first-order valence-electron chi connectivity index (χ1n) is 10.2. The van der Waals surface area contributed by atoms with Gasteiger partial charge in [-0.1, -0.05) is 41.6 Å². The van der Waals surface area contributed by atoms with E-state index in [0.29, 0.717) is 14.3 Å². The van der Waals surface area contributed by atoms with E-state index in [9.17, 15) is 9.90 Å². The van der Waals surface area contributed by atoms with Crippen molar-refractivity contribution >= 4 is 69.1 Å². The first-order valence-corrected chi connectivity index (χ1v) is 13.3. The van der Waals surface area contributed by atoms with E-state index in [2.05, 4.69) is 43.3 Å². The first kappa shape index (κ1) is 24.7. The van der Waals surface area contributed by atoms with Gasteiger partial charge in [0.15, 0.2) is 0 Å². The topological polar surface area (TPSA) is 97.1 Å². The molecule has 0 aliphatic carbocycles. The van der Waals surface area contributed by atoms with Crippen molar-refractivity contribution in [1.29, 1.82) is 0 Å². The molecule has 0 saturated heterocycles. The summed E-state index contributed by atoms with van der Waals surface area (Å²) in [4.78, 5) is 12.4. The number of hydrogen-bond donors (Lipinski definition) is 2. The number of aromatic nitrogens is 3. The number of rotatable bonds is 7. The Morgan fingerprint density at radius 3 is 2.65 bits per heavy atom. The second-order valence-electron chi connectivity index (χ2n) is 7.28. The number of amides is 1. The number of para-hydroxylation sites is 1. The van der Waals surface area contributed by atoms with Crippen LogP contribution < -0.4 is 15.1 Å². The predicted molar refractivity (Wildman–Crippen MR) is 148 cm³/mol. The van der Waals surface area contributed by atoms with Gasteiger partial charge in [0.1, 0.15) is 5.69 Å². The Morgan fingerprint density at radius 1 is 1.18 bits per heavy atom. The molecule has 0 aliphatic rings. The van der Waals surface area contributed by atoms with E-state index in [-0.39, 0.29) is 17.4 Å². The Balaban J connectivity index is 1.50. The van der Waals surface area contributed by atoms with Crippen molar-refractivity contribution in [3.8, 4) is 22.8 Å². The van der Waals surface area contributed by atoms with Crippen LogP contribution in [-0.4, -0.2) is 28.1 Å². The molecule has 0 bridgehead atoms. The van der Waals surface area contributed by atoms with Crippen LogP contribution in [0.4, 0.5) is 0 Å². The Bertz CT molecular complexity index is 1340. The van der Waals surface area contributed by atoms with Gasteiger partial charge in [-0.05, 0) is 106 Å². The Morgan fingerprint density at radius 2 is 1.91 bits per heavy atom. The van der Waals surface area contributed by atoms with Crippen LogP contribution in [0.15, 0.2) is 77.0 Å². The summed E-state index contributed by atoms with van der Waals surface area (Å²) in [5.74, 6) is 0.519. The normalized spacial score (nSPS) is 11.1. The van der Waals surface area contributed by atoms with E-state index in [1.54, 1.807) is 12.1 Å². The molecule has 0 spiro atoms. The third kappa shape index (κ3) is 5.96. The SMILES string of the molecule is Cc1ccc(-c2[nH]nc(SCC(=O)N/N=C/c3cc(I)cc(I)c3[O-])[n+]2-c2ccccc2)cc1. The molecule has 7 nitrogen and oxygen atoms in total. The molecule has 172 valence electrons. The van der Waals surface area contributed by atoms with Crippen molar-refractivity contribution in [2.45, 2.75) is 12.1 Å². The summed E-state index contributed by atoms with van der Waals surface area (Å²) in [7, 11) is 0. The molecule has 4 aromatic rings. The van der Waals surface area contributed by atoms with Crippen LogP contribution in [0.3, 0.4) is 0 Å². The zero-order valence-corrected chi connectivity index (χ0v) is 23.1. The molecule has 2 N–H and O–H groups in total. The van der Waals surface area contributed by atoms with E-state index >= 15 is 0 Å². The number of nitrogens with zero attached hydrogens (tertiary/aromatic N) is 3. The standard InChI is InChI=1S/C24H19I2N5O2S/c1-15-7-9-16(10-8-15)23-29-30-24(31(23)19-5-3-2-4-6-19)34-14-21(32)28-27-13-17-11-18(25)12-20(26)22(17)33/h2-13H,14H2,1H3,(H2,27,28,32,33). The number of H-pyrrole nitrogens is 1. The summed E-state index contributed by atoms with van der Waals surface area (Å²) in [5.41, 5.74) is 6.02. The monoisotopic (exact) mass is 695 g/mol. The number of hydrogen-bond acceptors (Lipinski definition) is 5. The quantitative estimate of drug-likeness (QED) is 0.0998. The lowest BCUT2D eigenvalue weighted by atomic mass is 10.1. The minimum atomic E-state index is -0.298. The maximum atomic E-state index is 12.4. The average molecular weight is 695 g/mol. The lowest BCUT2D eigenvalue weighted by Gasteiger charge is -2.13. The number of halogens is 2. The largest absolute Gasteiger partial charge is 0.871 e. The minimum absolute atomic E-state index is 0.108. The zero-order chi connectivity index (χ0) is 24.1. The van der Waals surface area contributed by atoms with Gasteiger partial charge in [0.2, 0.25) is 0 Å². The molecule has 1 aromatic heterocycles. The summed E-state index contributed by atoms with van der Waals surface area (Å²) >= 11 is 5.43. The van der Waals surface area contributed by atoms with Gasteiger partial charge < -0.3 is 5.11 Å². The highest BCUT2D eigenvalue weighted by Gasteiger charge is 2.24. The maximum Gasteiger partial charge on any atom is 0.342 e. The third-order valence-electron chi connectivity index (χ3n) is 4.77. The van der Waals surface area contributed by atoms with Gasteiger partial charge in [0.25, 0.3) is 11.7 Å². The molecule has 4 rings (SSSR count). The van der Waals surface area contributed by atoms with E-state index in [4.69, 9.17) is 0 Å². The molecule has 0 atom stereocenters. The fraction of sp³-hybridized carbons (Fsp3) is 0.0833. The van der Waals surface area contributed by atoms with Gasteiger partial charge in [-0.25, -0.2) is 5.43 Å². The van der Waals surface area contributed by atoms with Crippen LogP contribution in [0.2, 0.25) is 0 Å². The first-order chi connectivity index (χ1) is 16.4. The summed E-state index contributed by atoms with van der Waals surface area (Å²) < 4.78 is 3.53. The molecule has 10 heteroatoms. The number of benzene rings is 3. The lowest BCUT2D eigenvalue weighted by Crippen LogP contribution is -2.34. The summed E-state index contributed by atoms with van der Waals surface area (Å²) in [6, 6.07) is 21.5. The van der Waals surface area contributed by atoms with Gasteiger partial charge in [-0.3, -0.25) is 4.79 Å². The van der Waals surface area contributed by atoms with Crippen LogP contribution in [-0.2, 0) is 4.79 Å². The molecule has 0 aliphatic heterocycles. The number of nitrogens with one attached hydrogen (secondary N) is 2. The van der Waals surface area contributed by atoms with Crippen molar-refractivity contribution in [2.24, 2.45) is 5.10 Å². The molecule has 0 fully saturated rings. The maximum absolute atomic E-state index is 12.4. The number of aryl methyl sites for hydroxylation is 1.